The van der Waals surface area contributed by atoms with Gasteiger partial charge in [0.05, 0.1) is 0 Å². The van der Waals surface area contributed by atoms with Crippen LogP contribution in [0.25, 0.3) is 0 Å². The number of hydrogen-bond acceptors (Lipinski definition) is 2. The van der Waals surface area contributed by atoms with E-state index in [1.54, 1.807) is 0 Å². The Balaban J connectivity index is 3.74. The Morgan fingerprint density at radius 3 is 2.50 bits per heavy atom. The predicted octanol–water partition coefficient (Wildman–Crippen LogP) is 1.17. The molecule has 0 heterocycles. The molecule has 0 rings (SSSR count). The Kier molecular flexibility index (Phi) is 7.28. The average Bonchev–Trinajstić information content (AvgIpc) is 2.14. The van der Waals surface area contributed by atoms with E-state index in [2.05, 4.69) is 5.32 Å². The first-order valence-electron chi connectivity index (χ1n) is 4.78. The lowest BCUT2D eigenvalue weighted by atomic mass is 10.0. The van der Waals surface area contributed by atoms with Gasteiger partial charge in [0.15, 0.2) is 0 Å². The van der Waals surface area contributed by atoms with Crippen molar-refractivity contribution in [1.82, 2.24) is 5.32 Å². The zero-order valence-electron chi connectivity index (χ0n) is 8.30. The highest BCUT2D eigenvalue weighted by Gasteiger charge is 2.16. The van der Waals surface area contributed by atoms with Gasteiger partial charge in [-0.05, 0) is 18.8 Å². The maximum Gasteiger partial charge on any atom is 0.315 e. The normalized spacial score (nSPS) is 12.9. The van der Waals surface area contributed by atoms with Crippen LogP contribution in [0.2, 0.25) is 0 Å². The minimum atomic E-state index is -2.95. The Hall–Kier alpha value is -0.710. The predicted molar refractivity (Wildman–Crippen MR) is 49.1 cm³/mol. The Labute approximate surface area is 82.5 Å². The van der Waals surface area contributed by atoms with E-state index in [0.29, 0.717) is 6.42 Å². The fourth-order valence-corrected chi connectivity index (χ4v) is 1.26. The second kappa shape index (κ2) is 7.67. The molecule has 0 aliphatic carbocycles. The highest BCUT2D eigenvalue weighted by Crippen LogP contribution is 2.09. The summed E-state index contributed by atoms with van der Waals surface area (Å²) >= 11 is 0. The monoisotopic (exact) mass is 209 g/mol. The molecule has 0 spiro atoms. The quantitative estimate of drug-likeness (QED) is 0.661. The van der Waals surface area contributed by atoms with Crippen LogP contribution in [0.3, 0.4) is 0 Å². The van der Waals surface area contributed by atoms with Gasteiger partial charge in [0, 0.05) is 13.2 Å². The molecule has 0 aromatic rings. The molecule has 0 saturated heterocycles. The third-order valence-corrected chi connectivity index (χ3v) is 2.00. The van der Waals surface area contributed by atoms with E-state index in [0.717, 1.165) is 12.8 Å². The number of halogens is 2. The first-order valence-corrected chi connectivity index (χ1v) is 4.78. The number of carbonyl (C=O) groups is 1. The summed E-state index contributed by atoms with van der Waals surface area (Å²) in [5.74, 6) is -1.14. The maximum absolute atomic E-state index is 11.8. The summed E-state index contributed by atoms with van der Waals surface area (Å²) in [5, 5.41) is 10.8. The topological polar surface area (TPSA) is 49.3 Å². The number of amides is 1. The molecule has 0 radical (unpaired) electrons. The summed E-state index contributed by atoms with van der Waals surface area (Å²) in [6, 6.07) is 0. The molecule has 3 nitrogen and oxygen atoms in total. The van der Waals surface area contributed by atoms with Crippen molar-refractivity contribution in [2.24, 2.45) is 5.92 Å². The molecule has 0 saturated carbocycles. The number of nitrogens with one attached hydrogen (secondary N) is 1. The van der Waals surface area contributed by atoms with Crippen LogP contribution in [0, 0.1) is 5.92 Å². The van der Waals surface area contributed by atoms with Crippen molar-refractivity contribution in [2.45, 2.75) is 32.6 Å². The molecule has 1 amide bonds. The molecular weight excluding hydrogens is 192 g/mol. The fraction of sp³-hybridized carbons (Fsp3) is 0.889. The largest absolute Gasteiger partial charge is 0.396 e. The van der Waals surface area contributed by atoms with Crippen LogP contribution in [0.15, 0.2) is 0 Å². The zero-order chi connectivity index (χ0) is 11.0. The lowest BCUT2D eigenvalue weighted by molar-refractivity contribution is -0.131. The van der Waals surface area contributed by atoms with Crippen molar-refractivity contribution in [1.29, 1.82) is 0 Å². The molecular formula is C9H17F2NO2. The molecule has 14 heavy (non-hydrogen) atoms. The summed E-state index contributed by atoms with van der Waals surface area (Å²) in [5.41, 5.74) is 0. The Morgan fingerprint density at radius 1 is 1.43 bits per heavy atom. The molecule has 84 valence electrons. The smallest absolute Gasteiger partial charge is 0.315 e. The van der Waals surface area contributed by atoms with Gasteiger partial charge in [0.25, 0.3) is 5.91 Å². The van der Waals surface area contributed by atoms with Crippen molar-refractivity contribution < 1.29 is 18.7 Å². The molecule has 0 bridgehead atoms. The summed E-state index contributed by atoms with van der Waals surface area (Å²) in [4.78, 5) is 10.5. The Bertz CT molecular complexity index is 159. The van der Waals surface area contributed by atoms with Gasteiger partial charge < -0.3 is 10.4 Å². The van der Waals surface area contributed by atoms with Crippen LogP contribution in [-0.2, 0) is 4.79 Å². The van der Waals surface area contributed by atoms with E-state index in [1.807, 2.05) is 6.92 Å². The van der Waals surface area contributed by atoms with Crippen LogP contribution in [0.4, 0.5) is 8.78 Å². The summed E-state index contributed by atoms with van der Waals surface area (Å²) in [6.07, 6.45) is -0.678. The van der Waals surface area contributed by atoms with E-state index >= 15 is 0 Å². The highest BCUT2D eigenvalue weighted by molar-refractivity contribution is 5.78. The maximum atomic E-state index is 11.8. The van der Waals surface area contributed by atoms with E-state index < -0.39 is 12.3 Å². The van der Waals surface area contributed by atoms with Crippen molar-refractivity contribution in [2.75, 3.05) is 13.2 Å². The van der Waals surface area contributed by atoms with Crippen LogP contribution >= 0.6 is 0 Å². The van der Waals surface area contributed by atoms with Crippen molar-refractivity contribution in [3.63, 3.8) is 0 Å². The highest BCUT2D eigenvalue weighted by atomic mass is 19.3. The molecule has 0 fully saturated rings. The molecule has 0 aromatic heterocycles. The number of carbonyl (C=O) groups excluding carboxylic acids is 1. The average molecular weight is 209 g/mol. The standard InChI is InChI=1S/C9H17F2NO2/c1-2-3-7(4-5-13)6-12-9(14)8(10)11/h7-8,13H,2-6H2,1H3,(H,12,14). The molecule has 2 N–H and O–H groups in total. The zero-order valence-corrected chi connectivity index (χ0v) is 8.30. The van der Waals surface area contributed by atoms with Gasteiger partial charge in [-0.1, -0.05) is 13.3 Å². The molecule has 5 heteroatoms. The SMILES string of the molecule is CCCC(CCO)CNC(=O)C(F)F. The summed E-state index contributed by atoms with van der Waals surface area (Å²) in [6.45, 7) is 2.21. The lowest BCUT2D eigenvalue weighted by Gasteiger charge is -2.15. The third-order valence-electron chi connectivity index (χ3n) is 2.00. The second-order valence-corrected chi connectivity index (χ2v) is 3.21. The molecule has 0 aliphatic heterocycles. The molecule has 0 aliphatic rings. The third kappa shape index (κ3) is 5.85. The van der Waals surface area contributed by atoms with Crippen molar-refractivity contribution in [3.8, 4) is 0 Å². The van der Waals surface area contributed by atoms with Gasteiger partial charge in [-0.25, -0.2) is 0 Å². The molecule has 0 aromatic carbocycles. The number of aliphatic hydroxyl groups is 1. The van der Waals surface area contributed by atoms with Gasteiger partial charge in [-0.15, -0.1) is 0 Å². The molecule has 1 atom stereocenters. The summed E-state index contributed by atoms with van der Waals surface area (Å²) in [7, 11) is 0. The van der Waals surface area contributed by atoms with E-state index in [4.69, 9.17) is 5.11 Å². The lowest BCUT2D eigenvalue weighted by Crippen LogP contribution is -2.34. The first kappa shape index (κ1) is 13.3. The number of aliphatic hydroxyl groups excluding tert-OH is 1. The van der Waals surface area contributed by atoms with Crippen LogP contribution < -0.4 is 5.32 Å². The van der Waals surface area contributed by atoms with E-state index in [-0.39, 0.29) is 19.1 Å². The van der Waals surface area contributed by atoms with Crippen LogP contribution in [-0.4, -0.2) is 30.6 Å². The summed E-state index contributed by atoms with van der Waals surface area (Å²) < 4.78 is 23.6. The van der Waals surface area contributed by atoms with E-state index in [9.17, 15) is 13.6 Å². The second-order valence-electron chi connectivity index (χ2n) is 3.21. The Morgan fingerprint density at radius 2 is 2.07 bits per heavy atom. The van der Waals surface area contributed by atoms with E-state index in [1.165, 1.54) is 0 Å². The minimum Gasteiger partial charge on any atom is -0.396 e. The number of hydrogen-bond donors (Lipinski definition) is 2. The number of alkyl halides is 2. The van der Waals surface area contributed by atoms with Gasteiger partial charge in [-0.3, -0.25) is 4.79 Å². The molecule has 1 unspecified atom stereocenters. The first-order chi connectivity index (χ1) is 6.61. The van der Waals surface area contributed by atoms with Gasteiger partial charge in [-0.2, -0.15) is 8.78 Å². The van der Waals surface area contributed by atoms with Crippen molar-refractivity contribution >= 4 is 5.91 Å². The van der Waals surface area contributed by atoms with Crippen molar-refractivity contribution in [3.05, 3.63) is 0 Å². The fourth-order valence-electron chi connectivity index (χ4n) is 1.26. The van der Waals surface area contributed by atoms with Crippen LogP contribution in [0.1, 0.15) is 26.2 Å². The van der Waals surface area contributed by atoms with Gasteiger partial charge >= 0.3 is 6.43 Å². The number of rotatable bonds is 7. The minimum absolute atomic E-state index is 0.0230. The van der Waals surface area contributed by atoms with Gasteiger partial charge in [0.2, 0.25) is 0 Å². The van der Waals surface area contributed by atoms with Gasteiger partial charge in [0.1, 0.15) is 0 Å². The van der Waals surface area contributed by atoms with Crippen LogP contribution in [0.5, 0.6) is 0 Å².